The summed E-state index contributed by atoms with van der Waals surface area (Å²) in [6.45, 7) is 1.34. The highest BCUT2D eigenvalue weighted by Gasteiger charge is 2.53. The van der Waals surface area contributed by atoms with Gasteiger partial charge in [0.15, 0.2) is 5.92 Å². The Morgan fingerprint density at radius 3 is 2.65 bits per heavy atom. The molecule has 1 amide bonds. The predicted molar refractivity (Wildman–Crippen MR) is 74.5 cm³/mol. The number of anilines is 1. The number of fused-ring (bicyclic) bond motifs is 1. The number of nitrogens with one attached hydrogen (secondary N) is 1. The van der Waals surface area contributed by atoms with E-state index in [-0.39, 0.29) is 12.2 Å². The molecule has 1 heterocycles. The van der Waals surface area contributed by atoms with Crippen molar-refractivity contribution < 1.29 is 9.59 Å². The van der Waals surface area contributed by atoms with Gasteiger partial charge in [-0.15, -0.1) is 0 Å². The fraction of sp³-hybridized carbons (Fsp3) is 0.286. The molecule has 0 fully saturated rings. The molecule has 2 rings (SSSR count). The fourth-order valence-electron chi connectivity index (χ4n) is 2.57. The SMILES string of the molecule is CC(=O)C[C@]1(C(C#N)C#N)C(=O)Nc2cc(Br)ccc21. The molecule has 0 unspecified atom stereocenters. The Bertz CT molecular complexity index is 673. The molecule has 1 aliphatic rings. The van der Waals surface area contributed by atoms with Crippen LogP contribution in [0.15, 0.2) is 22.7 Å². The number of ketones is 1. The maximum absolute atomic E-state index is 12.4. The second kappa shape index (κ2) is 5.07. The van der Waals surface area contributed by atoms with Crippen molar-refractivity contribution in [2.45, 2.75) is 18.8 Å². The lowest BCUT2D eigenvalue weighted by atomic mass is 9.69. The molecule has 0 bridgehead atoms. The normalized spacial score (nSPS) is 19.9. The molecule has 100 valence electrons. The minimum atomic E-state index is -1.43. The first kappa shape index (κ1) is 14.2. The molecule has 6 heteroatoms. The summed E-state index contributed by atoms with van der Waals surface area (Å²) in [4.78, 5) is 23.9. The summed E-state index contributed by atoms with van der Waals surface area (Å²) >= 11 is 3.30. The first-order chi connectivity index (χ1) is 9.45. The summed E-state index contributed by atoms with van der Waals surface area (Å²) in [6.07, 6.45) is -0.167. The zero-order valence-corrected chi connectivity index (χ0v) is 12.2. The van der Waals surface area contributed by atoms with Crippen LogP contribution in [0.25, 0.3) is 0 Å². The number of benzene rings is 1. The molecule has 20 heavy (non-hydrogen) atoms. The van der Waals surface area contributed by atoms with E-state index < -0.39 is 17.2 Å². The number of amides is 1. The molecule has 0 spiro atoms. The van der Waals surface area contributed by atoms with E-state index in [9.17, 15) is 20.1 Å². The summed E-state index contributed by atoms with van der Waals surface area (Å²) in [5, 5.41) is 21.0. The van der Waals surface area contributed by atoms with Crippen molar-refractivity contribution in [3.05, 3.63) is 28.2 Å². The van der Waals surface area contributed by atoms with E-state index in [1.807, 2.05) is 12.1 Å². The van der Waals surface area contributed by atoms with Crippen LogP contribution < -0.4 is 5.32 Å². The van der Waals surface area contributed by atoms with Gasteiger partial charge in [0, 0.05) is 16.6 Å². The van der Waals surface area contributed by atoms with E-state index in [4.69, 9.17) is 0 Å². The molecule has 0 aromatic heterocycles. The van der Waals surface area contributed by atoms with Crippen LogP contribution in [-0.2, 0) is 15.0 Å². The van der Waals surface area contributed by atoms with E-state index in [0.29, 0.717) is 11.3 Å². The highest BCUT2D eigenvalue weighted by Crippen LogP contribution is 2.46. The van der Waals surface area contributed by atoms with E-state index in [1.165, 1.54) is 6.92 Å². The van der Waals surface area contributed by atoms with Gasteiger partial charge in [-0.1, -0.05) is 22.0 Å². The number of halogens is 1. The molecule has 1 atom stereocenters. The van der Waals surface area contributed by atoms with Crippen LogP contribution >= 0.6 is 15.9 Å². The van der Waals surface area contributed by atoms with Gasteiger partial charge in [0.25, 0.3) is 0 Å². The Morgan fingerprint density at radius 1 is 1.45 bits per heavy atom. The van der Waals surface area contributed by atoms with Crippen molar-refractivity contribution in [3.63, 3.8) is 0 Å². The van der Waals surface area contributed by atoms with E-state index in [1.54, 1.807) is 18.2 Å². The van der Waals surface area contributed by atoms with Gasteiger partial charge in [0.1, 0.15) is 11.2 Å². The lowest BCUT2D eigenvalue weighted by molar-refractivity contribution is -0.127. The molecule has 1 N–H and O–H groups in total. The van der Waals surface area contributed by atoms with Crippen LogP contribution in [0.3, 0.4) is 0 Å². The topological polar surface area (TPSA) is 93.8 Å². The van der Waals surface area contributed by atoms with Crippen molar-refractivity contribution in [1.29, 1.82) is 10.5 Å². The Hall–Kier alpha value is -2.18. The van der Waals surface area contributed by atoms with Crippen molar-refractivity contribution >= 4 is 33.3 Å². The Kier molecular flexibility index (Phi) is 3.61. The first-order valence-electron chi connectivity index (χ1n) is 5.86. The number of nitrogens with zero attached hydrogens (tertiary/aromatic N) is 2. The number of nitriles is 2. The number of Topliss-reactive ketones (excluding diaryl/α,β-unsaturated/α-hetero) is 1. The molecule has 1 aromatic rings. The molecule has 0 saturated carbocycles. The van der Waals surface area contributed by atoms with Crippen LogP contribution in [0.5, 0.6) is 0 Å². The highest BCUT2D eigenvalue weighted by molar-refractivity contribution is 9.10. The Labute approximate surface area is 124 Å². The van der Waals surface area contributed by atoms with Gasteiger partial charge in [0.2, 0.25) is 5.91 Å². The standard InChI is InChI=1S/C14H10BrN3O2/c1-8(19)5-14(9(6-16)7-17)11-3-2-10(15)4-12(11)18-13(14)20/h2-4,9H,5H2,1H3,(H,18,20)/t14-/m1/s1. The minimum Gasteiger partial charge on any atom is -0.325 e. The second-order valence-electron chi connectivity index (χ2n) is 4.69. The average Bonchev–Trinajstić information content (AvgIpc) is 2.63. The second-order valence-corrected chi connectivity index (χ2v) is 5.60. The summed E-state index contributed by atoms with van der Waals surface area (Å²) in [5.41, 5.74) is -0.374. The minimum absolute atomic E-state index is 0.167. The third-order valence-corrected chi connectivity index (χ3v) is 3.89. The molecule has 1 aromatic carbocycles. The van der Waals surface area contributed by atoms with Crippen LogP contribution in [0.2, 0.25) is 0 Å². The van der Waals surface area contributed by atoms with Crippen molar-refractivity contribution in [2.24, 2.45) is 5.92 Å². The zero-order chi connectivity index (χ0) is 14.9. The Morgan fingerprint density at radius 2 is 2.10 bits per heavy atom. The molecule has 0 saturated heterocycles. The van der Waals surface area contributed by atoms with Crippen LogP contribution in [0, 0.1) is 28.6 Å². The first-order valence-corrected chi connectivity index (χ1v) is 6.65. The molecule has 5 nitrogen and oxygen atoms in total. The van der Waals surface area contributed by atoms with Crippen LogP contribution in [0.4, 0.5) is 5.69 Å². The van der Waals surface area contributed by atoms with Crippen molar-refractivity contribution in [3.8, 4) is 12.1 Å². The quantitative estimate of drug-likeness (QED) is 0.919. The predicted octanol–water partition coefficient (Wildman–Crippen LogP) is 2.28. The van der Waals surface area contributed by atoms with Crippen molar-refractivity contribution in [1.82, 2.24) is 0 Å². The molecule has 0 aliphatic carbocycles. The number of hydrogen-bond acceptors (Lipinski definition) is 4. The van der Waals surface area contributed by atoms with Gasteiger partial charge in [-0.05, 0) is 24.6 Å². The van der Waals surface area contributed by atoms with Gasteiger partial charge in [-0.3, -0.25) is 9.59 Å². The number of carbonyl (C=O) groups is 2. The van der Waals surface area contributed by atoms with E-state index >= 15 is 0 Å². The summed E-state index contributed by atoms with van der Waals surface area (Å²) in [5.74, 6) is -1.94. The third kappa shape index (κ3) is 1.99. The average molecular weight is 332 g/mol. The Balaban J connectivity index is 2.71. The van der Waals surface area contributed by atoms with Crippen LogP contribution in [-0.4, -0.2) is 11.7 Å². The van der Waals surface area contributed by atoms with Gasteiger partial charge in [-0.2, -0.15) is 10.5 Å². The molecular weight excluding hydrogens is 322 g/mol. The third-order valence-electron chi connectivity index (χ3n) is 3.39. The van der Waals surface area contributed by atoms with Gasteiger partial charge < -0.3 is 5.32 Å². The lowest BCUT2D eigenvalue weighted by Crippen LogP contribution is -2.42. The maximum Gasteiger partial charge on any atom is 0.238 e. The van der Waals surface area contributed by atoms with E-state index in [2.05, 4.69) is 21.2 Å². The molecule has 1 aliphatic heterocycles. The zero-order valence-electron chi connectivity index (χ0n) is 10.6. The fourth-order valence-corrected chi connectivity index (χ4v) is 2.93. The number of rotatable bonds is 3. The van der Waals surface area contributed by atoms with Gasteiger partial charge in [-0.25, -0.2) is 0 Å². The molecule has 0 radical (unpaired) electrons. The lowest BCUT2D eigenvalue weighted by Gasteiger charge is -2.27. The van der Waals surface area contributed by atoms with Gasteiger partial charge >= 0.3 is 0 Å². The number of hydrogen-bond donors (Lipinski definition) is 1. The summed E-state index contributed by atoms with van der Waals surface area (Å²) < 4.78 is 0.764. The highest BCUT2D eigenvalue weighted by atomic mass is 79.9. The van der Waals surface area contributed by atoms with E-state index in [0.717, 1.165) is 4.47 Å². The van der Waals surface area contributed by atoms with Crippen molar-refractivity contribution in [2.75, 3.05) is 5.32 Å². The van der Waals surface area contributed by atoms with Gasteiger partial charge in [0.05, 0.1) is 12.1 Å². The monoisotopic (exact) mass is 331 g/mol. The van der Waals surface area contributed by atoms with Crippen LogP contribution in [0.1, 0.15) is 18.9 Å². The maximum atomic E-state index is 12.4. The number of carbonyl (C=O) groups excluding carboxylic acids is 2. The molecular formula is C14H10BrN3O2. The smallest absolute Gasteiger partial charge is 0.238 e. The summed E-state index contributed by atoms with van der Waals surface area (Å²) in [7, 11) is 0. The summed E-state index contributed by atoms with van der Waals surface area (Å²) in [6, 6.07) is 8.77. The largest absolute Gasteiger partial charge is 0.325 e.